The van der Waals surface area contributed by atoms with E-state index in [-0.39, 0.29) is 11.7 Å². The normalized spacial score (nSPS) is 14.1. The molecule has 0 aliphatic rings. The van der Waals surface area contributed by atoms with Crippen LogP contribution < -0.4 is 5.32 Å². The van der Waals surface area contributed by atoms with Crippen molar-refractivity contribution in [2.24, 2.45) is 9.98 Å². The number of allylic oxidation sites excluding steroid dienone is 8. The first-order chi connectivity index (χ1) is 18.4. The molecule has 0 bridgehead atoms. The van der Waals surface area contributed by atoms with E-state index in [1.165, 1.54) is 12.1 Å². The van der Waals surface area contributed by atoms with Crippen LogP contribution in [0.4, 0.5) is 4.39 Å². The first kappa shape index (κ1) is 30.0. The molecule has 0 unspecified atom stereocenters. The molecular formula is C34H38FN3. The van der Waals surface area contributed by atoms with Gasteiger partial charge in [0.25, 0.3) is 0 Å². The Morgan fingerprint density at radius 2 is 1.82 bits per heavy atom. The minimum absolute atomic E-state index is 0.00255. The van der Waals surface area contributed by atoms with Gasteiger partial charge in [0.2, 0.25) is 0 Å². The molecule has 0 saturated heterocycles. The van der Waals surface area contributed by atoms with E-state index >= 15 is 0 Å². The van der Waals surface area contributed by atoms with Crippen LogP contribution in [0.1, 0.15) is 63.1 Å². The first-order valence-electron chi connectivity index (χ1n) is 12.8. The average molecular weight is 508 g/mol. The minimum atomic E-state index is -0.257. The molecule has 0 heterocycles. The Bertz CT molecular complexity index is 1280. The average Bonchev–Trinajstić information content (AvgIpc) is 2.93. The van der Waals surface area contributed by atoms with Gasteiger partial charge in [0.1, 0.15) is 5.82 Å². The molecule has 2 aromatic carbocycles. The van der Waals surface area contributed by atoms with Crippen molar-refractivity contribution in [1.82, 2.24) is 5.32 Å². The van der Waals surface area contributed by atoms with E-state index in [2.05, 4.69) is 78.7 Å². The van der Waals surface area contributed by atoms with Crippen molar-refractivity contribution < 1.29 is 4.39 Å². The summed E-state index contributed by atoms with van der Waals surface area (Å²) in [5.74, 6) is 2.42. The predicted molar refractivity (Wildman–Crippen MR) is 163 cm³/mol. The Labute approximate surface area is 228 Å². The lowest BCUT2D eigenvalue weighted by Crippen LogP contribution is -2.15. The predicted octanol–water partition coefficient (Wildman–Crippen LogP) is 8.55. The van der Waals surface area contributed by atoms with Gasteiger partial charge >= 0.3 is 0 Å². The van der Waals surface area contributed by atoms with Gasteiger partial charge in [-0.25, -0.2) is 4.39 Å². The Balaban J connectivity index is 2.32. The van der Waals surface area contributed by atoms with Gasteiger partial charge in [-0.15, -0.1) is 6.42 Å². The number of hydrogen-bond donors (Lipinski definition) is 1. The molecule has 2 aromatic rings. The maximum Gasteiger partial charge on any atom is 0.123 e. The maximum absolute atomic E-state index is 13.5. The summed E-state index contributed by atoms with van der Waals surface area (Å²) in [5.41, 5.74) is 7.86. The molecule has 0 aromatic heterocycles. The lowest BCUT2D eigenvalue weighted by atomic mass is 9.90. The van der Waals surface area contributed by atoms with Crippen LogP contribution >= 0.6 is 0 Å². The molecule has 1 atom stereocenters. The number of hydrogen-bond acceptors (Lipinski definition) is 3. The largest absolute Gasteiger partial charge is 0.384 e. The van der Waals surface area contributed by atoms with Crippen LogP contribution in [0, 0.1) is 18.2 Å². The van der Waals surface area contributed by atoms with Crippen molar-refractivity contribution in [3.05, 3.63) is 125 Å². The summed E-state index contributed by atoms with van der Waals surface area (Å²) >= 11 is 0. The number of aliphatic imine (C=N–C) groups is 2. The fourth-order valence-electron chi connectivity index (χ4n) is 4.04. The topological polar surface area (TPSA) is 36.8 Å². The summed E-state index contributed by atoms with van der Waals surface area (Å²) in [4.78, 5) is 8.49. The van der Waals surface area contributed by atoms with Crippen LogP contribution in [-0.2, 0) is 6.54 Å². The highest BCUT2D eigenvalue weighted by Gasteiger charge is 2.14. The molecule has 0 fully saturated rings. The Morgan fingerprint density at radius 1 is 1.13 bits per heavy atom. The minimum Gasteiger partial charge on any atom is -0.384 e. The highest BCUT2D eigenvalue weighted by Crippen LogP contribution is 2.28. The third-order valence-electron chi connectivity index (χ3n) is 6.17. The van der Waals surface area contributed by atoms with Gasteiger partial charge in [-0.3, -0.25) is 9.98 Å². The standard InChI is InChI=1S/C34H38FN3/c1-8-12-33(37-11-4)22-31(24-36-7)30-15-13-28(14-16-30)23-38-26(6)34(21-27(9-2)10-3)25(5)29-17-19-32(35)20-18-29/h2,10-11,13-22,24-25,38H,3,7-8,12,23H2,1,4-6H3/b27-21-,31-24+,33-22+,34-26-,37-11-/t25-/m0/s1. The van der Waals surface area contributed by atoms with Gasteiger partial charge in [-0.05, 0) is 73.5 Å². The molecule has 0 saturated carbocycles. The second kappa shape index (κ2) is 15.8. The van der Waals surface area contributed by atoms with Crippen LogP contribution in [0.2, 0.25) is 0 Å². The highest BCUT2D eigenvalue weighted by molar-refractivity contribution is 5.75. The molecule has 2 rings (SSSR count). The molecule has 4 heteroatoms. The summed E-state index contributed by atoms with van der Waals surface area (Å²) < 4.78 is 13.5. The number of halogens is 1. The van der Waals surface area contributed by atoms with Gasteiger partial charge in [0.05, 0.1) is 0 Å². The Kier molecular flexibility index (Phi) is 12.5. The van der Waals surface area contributed by atoms with Crippen molar-refractivity contribution >= 4 is 18.5 Å². The maximum atomic E-state index is 13.5. The molecule has 0 radical (unpaired) electrons. The second-order valence-corrected chi connectivity index (χ2v) is 8.89. The monoisotopic (exact) mass is 507 g/mol. The van der Waals surface area contributed by atoms with Crippen molar-refractivity contribution in [3.63, 3.8) is 0 Å². The zero-order chi connectivity index (χ0) is 27.9. The molecule has 38 heavy (non-hydrogen) atoms. The molecule has 1 N–H and O–H groups in total. The van der Waals surface area contributed by atoms with Crippen LogP contribution in [0.3, 0.4) is 0 Å². The number of rotatable bonds is 13. The fourth-order valence-corrected chi connectivity index (χ4v) is 4.04. The van der Waals surface area contributed by atoms with Crippen LogP contribution in [0.5, 0.6) is 0 Å². The smallest absolute Gasteiger partial charge is 0.123 e. The molecule has 0 aliphatic heterocycles. The molecule has 196 valence electrons. The fraction of sp³-hybridized carbons (Fsp3) is 0.235. The van der Waals surface area contributed by atoms with E-state index < -0.39 is 0 Å². The van der Waals surface area contributed by atoms with Gasteiger partial charge in [-0.1, -0.05) is 75.2 Å². The Hall–Kier alpha value is -4.23. The van der Waals surface area contributed by atoms with Gasteiger partial charge < -0.3 is 5.32 Å². The summed E-state index contributed by atoms with van der Waals surface area (Å²) in [7, 11) is 0. The lowest BCUT2D eigenvalue weighted by Gasteiger charge is -2.19. The van der Waals surface area contributed by atoms with Gasteiger partial charge in [-0.2, -0.15) is 0 Å². The molecule has 0 aliphatic carbocycles. The van der Waals surface area contributed by atoms with E-state index in [0.29, 0.717) is 12.1 Å². The van der Waals surface area contributed by atoms with Crippen LogP contribution in [0.15, 0.2) is 112 Å². The number of terminal acetylenes is 1. The van der Waals surface area contributed by atoms with E-state index in [4.69, 9.17) is 6.42 Å². The van der Waals surface area contributed by atoms with Crippen molar-refractivity contribution in [3.8, 4) is 12.3 Å². The molecule has 3 nitrogen and oxygen atoms in total. The summed E-state index contributed by atoms with van der Waals surface area (Å²) in [6.07, 6.45) is 16.9. The molecular weight excluding hydrogens is 469 g/mol. The van der Waals surface area contributed by atoms with E-state index in [1.807, 2.05) is 26.1 Å². The zero-order valence-electron chi connectivity index (χ0n) is 23.0. The molecule has 0 amide bonds. The first-order valence-corrected chi connectivity index (χ1v) is 12.8. The quantitative estimate of drug-likeness (QED) is 0.165. The van der Waals surface area contributed by atoms with Crippen molar-refractivity contribution in [1.29, 1.82) is 0 Å². The summed E-state index contributed by atoms with van der Waals surface area (Å²) in [6.45, 7) is 16.3. The van der Waals surface area contributed by atoms with Crippen LogP contribution in [-0.4, -0.2) is 12.9 Å². The number of benzene rings is 2. The zero-order valence-corrected chi connectivity index (χ0v) is 23.0. The van der Waals surface area contributed by atoms with E-state index in [0.717, 1.165) is 52.1 Å². The van der Waals surface area contributed by atoms with Crippen LogP contribution in [0.25, 0.3) is 5.57 Å². The third-order valence-corrected chi connectivity index (χ3v) is 6.17. The van der Waals surface area contributed by atoms with Gasteiger partial charge in [0.15, 0.2) is 0 Å². The SMILES string of the molecule is C#C/C(C=C)=C/C(=C(\C)NCc1ccc(C(/C=C(CCC)/N=C\C)=C/N=C)cc1)[C@@H](C)c1ccc(F)cc1. The summed E-state index contributed by atoms with van der Waals surface area (Å²) in [6, 6.07) is 14.9. The number of nitrogens with one attached hydrogen (secondary N) is 1. The van der Waals surface area contributed by atoms with Crippen molar-refractivity contribution in [2.45, 2.75) is 53.0 Å². The third kappa shape index (κ3) is 9.01. The Morgan fingerprint density at radius 3 is 2.37 bits per heavy atom. The second-order valence-electron chi connectivity index (χ2n) is 8.89. The lowest BCUT2D eigenvalue weighted by molar-refractivity contribution is 0.626. The number of nitrogens with zero attached hydrogens (tertiary/aromatic N) is 2. The summed E-state index contributed by atoms with van der Waals surface area (Å²) in [5, 5.41) is 3.54. The van der Waals surface area contributed by atoms with Gasteiger partial charge in [0, 0.05) is 47.4 Å². The molecule has 0 spiro atoms. The van der Waals surface area contributed by atoms with E-state index in [1.54, 1.807) is 24.4 Å². The highest BCUT2D eigenvalue weighted by atomic mass is 19.1. The van der Waals surface area contributed by atoms with E-state index in [9.17, 15) is 4.39 Å². The van der Waals surface area contributed by atoms with Crippen molar-refractivity contribution in [2.75, 3.05) is 0 Å².